The Bertz CT molecular complexity index is 627. The predicted molar refractivity (Wildman–Crippen MR) is 72.3 cm³/mol. The van der Waals surface area contributed by atoms with Gasteiger partial charge in [0.05, 0.1) is 19.1 Å². The van der Waals surface area contributed by atoms with Gasteiger partial charge in [-0.3, -0.25) is 9.59 Å². The summed E-state index contributed by atoms with van der Waals surface area (Å²) < 4.78 is 23.8. The first kappa shape index (κ1) is 14.7. The van der Waals surface area contributed by atoms with Crippen LogP contribution in [-0.4, -0.2) is 49.6 Å². The van der Waals surface area contributed by atoms with Crippen LogP contribution in [0.2, 0.25) is 0 Å². The van der Waals surface area contributed by atoms with E-state index in [0.717, 1.165) is 6.26 Å². The lowest BCUT2D eigenvalue weighted by molar-refractivity contribution is -0.368. The van der Waals surface area contributed by atoms with Crippen LogP contribution in [0.3, 0.4) is 0 Å². The number of carbonyl (C=O) groups excluding carboxylic acids is 2. The quantitative estimate of drug-likeness (QED) is 0.705. The second-order valence-electron chi connectivity index (χ2n) is 4.82. The molecule has 0 aromatic heterocycles. The molecule has 1 fully saturated rings. The van der Waals surface area contributed by atoms with Gasteiger partial charge in [0.15, 0.2) is 15.1 Å². The Morgan fingerprint density at radius 1 is 1.20 bits per heavy atom. The van der Waals surface area contributed by atoms with Crippen LogP contribution in [0.15, 0.2) is 30.3 Å². The highest BCUT2D eigenvalue weighted by molar-refractivity contribution is 7.92. The van der Waals surface area contributed by atoms with Crippen LogP contribution in [0.5, 0.6) is 0 Å². The van der Waals surface area contributed by atoms with Gasteiger partial charge < -0.3 is 10.6 Å². The second-order valence-corrected chi connectivity index (χ2v) is 6.99. The van der Waals surface area contributed by atoms with E-state index >= 15 is 0 Å². The van der Waals surface area contributed by atoms with Crippen molar-refractivity contribution in [3.63, 3.8) is 0 Å². The molecule has 108 valence electrons. The number of rotatable bonds is 4. The Kier molecular flexibility index (Phi) is 3.92. The van der Waals surface area contributed by atoms with Crippen molar-refractivity contribution in [1.29, 1.82) is 0 Å². The zero-order valence-electron chi connectivity index (χ0n) is 11.2. The lowest BCUT2D eigenvalue weighted by Gasteiger charge is -2.25. The van der Waals surface area contributed by atoms with Crippen molar-refractivity contribution in [2.45, 2.75) is 11.3 Å². The van der Waals surface area contributed by atoms with E-state index in [4.69, 9.17) is 0 Å². The standard InChI is InChI=1S/C13H16N2O4S/c1-20(18,19)12-10(9-5-3-2-4-6-9)15(8-7-14)13(17)11(12)16/h2-6,10,12H,7-8,14H2,1H3/p+1/t10-,12+/m1/s1. The summed E-state index contributed by atoms with van der Waals surface area (Å²) in [5, 5.41) is -1.33. The third-order valence-corrected chi connectivity index (χ3v) is 4.75. The molecule has 0 unspecified atom stereocenters. The summed E-state index contributed by atoms with van der Waals surface area (Å²) in [6.45, 7) is 0.676. The summed E-state index contributed by atoms with van der Waals surface area (Å²) in [6.07, 6.45) is 0.993. The monoisotopic (exact) mass is 297 g/mol. The average molecular weight is 297 g/mol. The lowest BCUT2D eigenvalue weighted by atomic mass is 10.0. The smallest absolute Gasteiger partial charge is 0.292 e. The first-order valence-corrected chi connectivity index (χ1v) is 8.21. The van der Waals surface area contributed by atoms with Gasteiger partial charge in [0.2, 0.25) is 5.78 Å². The molecule has 2 rings (SSSR count). The SMILES string of the molecule is CS(=O)(=O)[C@@H]1C(=O)C(=O)N(CC[NH3+])[C@@H]1c1ccccc1. The summed E-state index contributed by atoms with van der Waals surface area (Å²) in [7, 11) is -3.67. The van der Waals surface area contributed by atoms with E-state index in [1.807, 2.05) is 0 Å². The number of carbonyl (C=O) groups is 2. The number of Topliss-reactive ketones (excluding diaryl/α,β-unsaturated/α-hetero) is 1. The van der Waals surface area contributed by atoms with Crippen molar-refractivity contribution in [3.8, 4) is 0 Å². The molecule has 6 nitrogen and oxygen atoms in total. The summed E-state index contributed by atoms with van der Waals surface area (Å²) >= 11 is 0. The molecule has 2 atom stereocenters. The fraction of sp³-hybridized carbons (Fsp3) is 0.385. The molecule has 1 aromatic rings. The molecule has 20 heavy (non-hydrogen) atoms. The largest absolute Gasteiger partial charge is 0.356 e. The minimum atomic E-state index is -3.67. The van der Waals surface area contributed by atoms with Crippen molar-refractivity contribution in [3.05, 3.63) is 35.9 Å². The molecule has 1 aromatic carbocycles. The topological polar surface area (TPSA) is 99.2 Å². The summed E-state index contributed by atoms with van der Waals surface area (Å²) in [5.74, 6) is -1.59. The van der Waals surface area contributed by atoms with E-state index in [1.165, 1.54) is 4.90 Å². The number of benzene rings is 1. The minimum Gasteiger partial charge on any atom is -0.356 e. The Labute approximate surface area is 117 Å². The summed E-state index contributed by atoms with van der Waals surface area (Å²) in [5.41, 5.74) is 4.32. The normalized spacial score (nSPS) is 23.4. The number of nitrogens with zero attached hydrogens (tertiary/aromatic N) is 1. The van der Waals surface area contributed by atoms with Crippen molar-refractivity contribution in [1.82, 2.24) is 4.90 Å². The van der Waals surface area contributed by atoms with Crippen molar-refractivity contribution >= 4 is 21.5 Å². The van der Waals surface area contributed by atoms with Crippen LogP contribution in [0.1, 0.15) is 11.6 Å². The molecule has 1 amide bonds. The molecule has 1 saturated heterocycles. The van der Waals surface area contributed by atoms with Gasteiger partial charge in [0.25, 0.3) is 5.91 Å². The van der Waals surface area contributed by atoms with Gasteiger partial charge >= 0.3 is 0 Å². The van der Waals surface area contributed by atoms with E-state index in [9.17, 15) is 18.0 Å². The van der Waals surface area contributed by atoms with E-state index in [-0.39, 0.29) is 6.54 Å². The number of amides is 1. The number of sulfone groups is 1. The maximum absolute atomic E-state index is 12.0. The van der Waals surface area contributed by atoms with Crippen molar-refractivity contribution in [2.75, 3.05) is 19.3 Å². The van der Waals surface area contributed by atoms with E-state index in [1.54, 1.807) is 30.3 Å². The number of likely N-dealkylation sites (tertiary alicyclic amines) is 1. The van der Waals surface area contributed by atoms with Crippen LogP contribution in [0, 0.1) is 0 Å². The number of hydrogen-bond acceptors (Lipinski definition) is 4. The third kappa shape index (κ3) is 2.46. The van der Waals surface area contributed by atoms with Crippen LogP contribution in [0.4, 0.5) is 0 Å². The molecular formula is C13H17N2O4S+. The average Bonchev–Trinajstić information content (AvgIpc) is 2.65. The lowest BCUT2D eigenvalue weighted by Crippen LogP contribution is -2.55. The Morgan fingerprint density at radius 3 is 2.30 bits per heavy atom. The van der Waals surface area contributed by atoms with Gasteiger partial charge in [-0.15, -0.1) is 0 Å². The van der Waals surface area contributed by atoms with Gasteiger partial charge in [-0.1, -0.05) is 30.3 Å². The number of ketones is 1. The molecule has 1 heterocycles. The zero-order valence-corrected chi connectivity index (χ0v) is 12.0. The maximum Gasteiger partial charge on any atom is 0.292 e. The molecule has 1 aliphatic rings. The number of hydrogen-bond donors (Lipinski definition) is 1. The van der Waals surface area contributed by atoms with Crippen LogP contribution >= 0.6 is 0 Å². The fourth-order valence-corrected chi connectivity index (χ4v) is 3.80. The summed E-state index contributed by atoms with van der Waals surface area (Å²) in [6, 6.07) is 8.00. The Hall–Kier alpha value is -1.73. The van der Waals surface area contributed by atoms with Crippen LogP contribution < -0.4 is 5.73 Å². The van der Waals surface area contributed by atoms with E-state index < -0.39 is 32.8 Å². The molecule has 7 heteroatoms. The first-order valence-electron chi connectivity index (χ1n) is 6.25. The van der Waals surface area contributed by atoms with Crippen molar-refractivity contribution < 1.29 is 23.7 Å². The van der Waals surface area contributed by atoms with Gasteiger partial charge in [-0.2, -0.15) is 0 Å². The molecule has 0 radical (unpaired) electrons. The zero-order chi connectivity index (χ0) is 14.9. The molecule has 0 spiro atoms. The molecule has 0 saturated carbocycles. The minimum absolute atomic E-state index is 0.260. The molecule has 1 aliphatic heterocycles. The highest BCUT2D eigenvalue weighted by Gasteiger charge is 2.52. The maximum atomic E-state index is 12.0. The third-order valence-electron chi connectivity index (χ3n) is 3.35. The van der Waals surface area contributed by atoms with Gasteiger partial charge in [-0.25, -0.2) is 8.42 Å². The highest BCUT2D eigenvalue weighted by Crippen LogP contribution is 2.34. The van der Waals surface area contributed by atoms with E-state index in [2.05, 4.69) is 5.73 Å². The molecule has 0 bridgehead atoms. The van der Waals surface area contributed by atoms with Gasteiger partial charge in [-0.05, 0) is 5.56 Å². The Morgan fingerprint density at radius 2 is 1.80 bits per heavy atom. The first-order chi connectivity index (χ1) is 9.38. The Balaban J connectivity index is 2.55. The van der Waals surface area contributed by atoms with Crippen LogP contribution in [0.25, 0.3) is 0 Å². The summed E-state index contributed by atoms with van der Waals surface area (Å²) in [4.78, 5) is 25.4. The highest BCUT2D eigenvalue weighted by atomic mass is 32.2. The molecule has 3 N–H and O–H groups in total. The van der Waals surface area contributed by atoms with Gasteiger partial charge in [0.1, 0.15) is 0 Å². The molecule has 0 aliphatic carbocycles. The van der Waals surface area contributed by atoms with Crippen molar-refractivity contribution in [2.24, 2.45) is 0 Å². The fourth-order valence-electron chi connectivity index (χ4n) is 2.54. The van der Waals surface area contributed by atoms with Gasteiger partial charge in [0, 0.05) is 6.26 Å². The predicted octanol–water partition coefficient (Wildman–Crippen LogP) is -1.21. The van der Waals surface area contributed by atoms with Crippen LogP contribution in [-0.2, 0) is 19.4 Å². The number of quaternary nitrogens is 1. The molecular weight excluding hydrogens is 280 g/mol. The second kappa shape index (κ2) is 5.34. The van der Waals surface area contributed by atoms with E-state index in [0.29, 0.717) is 12.1 Å².